The zero-order chi connectivity index (χ0) is 59.9. The average Bonchev–Trinajstić information content (AvgIpc) is 3.49. The van der Waals surface area contributed by atoms with Crippen LogP contribution in [0.4, 0.5) is 0 Å². The highest BCUT2D eigenvalue weighted by molar-refractivity contribution is 5.71. The van der Waals surface area contributed by atoms with Crippen molar-refractivity contribution in [2.75, 3.05) is 13.2 Å². The van der Waals surface area contributed by atoms with Crippen molar-refractivity contribution in [2.45, 2.75) is 361 Å². The molecular weight excluding hydrogens is 1020 g/mol. The molecule has 0 saturated carbocycles. The monoisotopic (exact) mass is 1160 g/mol. The highest BCUT2D eigenvalue weighted by Gasteiger charge is 2.19. The molecule has 478 valence electrons. The summed E-state index contributed by atoms with van der Waals surface area (Å²) in [6.45, 7) is 6.45. The molecule has 0 amide bonds. The van der Waals surface area contributed by atoms with Gasteiger partial charge in [-0.15, -0.1) is 0 Å². The van der Waals surface area contributed by atoms with Crippen LogP contribution >= 0.6 is 0 Å². The van der Waals surface area contributed by atoms with Gasteiger partial charge in [-0.2, -0.15) is 0 Å². The van der Waals surface area contributed by atoms with Gasteiger partial charge in [0.25, 0.3) is 0 Å². The minimum absolute atomic E-state index is 0.0812. The molecule has 0 aromatic heterocycles. The third-order valence-electron chi connectivity index (χ3n) is 15.6. The van der Waals surface area contributed by atoms with E-state index in [1.54, 1.807) is 0 Å². The summed E-state index contributed by atoms with van der Waals surface area (Å²) in [6, 6.07) is 0. The van der Waals surface area contributed by atoms with E-state index in [0.29, 0.717) is 19.3 Å². The van der Waals surface area contributed by atoms with Gasteiger partial charge in [-0.1, -0.05) is 336 Å². The van der Waals surface area contributed by atoms with Gasteiger partial charge >= 0.3 is 17.9 Å². The van der Waals surface area contributed by atoms with Gasteiger partial charge in [-0.3, -0.25) is 14.4 Å². The van der Waals surface area contributed by atoms with E-state index in [9.17, 15) is 14.4 Å². The Hall–Kier alpha value is -3.67. The molecule has 0 fully saturated rings. The second-order valence-electron chi connectivity index (χ2n) is 23.7. The standard InChI is InChI=1S/C77H134O6/c1-4-7-10-13-16-19-22-25-28-31-33-34-35-36-37-38-39-40-41-42-44-46-49-52-55-58-61-64-67-70-76(79)82-73-74(72-81-75(78)69-66-63-60-57-54-51-48-45-30-27-24-21-18-15-12-9-6-3)83-77(80)71-68-65-62-59-56-53-50-47-43-32-29-26-23-20-17-14-11-8-5-2/h7,9-10,12,16,18-19,21,25,27-28,30,33-34,48,51,74H,4-6,8,11,13-15,17,20,22-24,26,29,31-32,35-47,49-50,52-73H2,1-3H3/b10-7-,12-9-,19-16-,21-18-,28-25-,30-27-,34-33-,51-48-. The number of hydrogen-bond donors (Lipinski definition) is 0. The number of esters is 3. The van der Waals surface area contributed by atoms with Crippen molar-refractivity contribution in [2.24, 2.45) is 0 Å². The molecule has 0 radical (unpaired) electrons. The van der Waals surface area contributed by atoms with Crippen molar-refractivity contribution < 1.29 is 28.6 Å². The SMILES string of the molecule is CC/C=C\C/C=C\C/C=C\C/C=C\CCCCCCCCCCCCCCCCCCC(=O)OCC(COC(=O)CCCCCC/C=C\C/C=C\C/C=C\C/C=C\CC)OC(=O)CCCCCCCCCCCCCCCCCCCCC. The molecule has 0 N–H and O–H groups in total. The zero-order valence-electron chi connectivity index (χ0n) is 54.9. The van der Waals surface area contributed by atoms with Crippen molar-refractivity contribution in [3.63, 3.8) is 0 Å². The largest absolute Gasteiger partial charge is 0.462 e. The van der Waals surface area contributed by atoms with Crippen LogP contribution < -0.4 is 0 Å². The van der Waals surface area contributed by atoms with Gasteiger partial charge in [0, 0.05) is 19.3 Å². The van der Waals surface area contributed by atoms with Crippen LogP contribution in [0.2, 0.25) is 0 Å². The summed E-state index contributed by atoms with van der Waals surface area (Å²) in [6.07, 6.45) is 95.8. The van der Waals surface area contributed by atoms with Crippen molar-refractivity contribution in [1.29, 1.82) is 0 Å². The molecule has 0 rings (SSSR count). The van der Waals surface area contributed by atoms with E-state index in [1.165, 1.54) is 193 Å². The van der Waals surface area contributed by atoms with Gasteiger partial charge in [0.05, 0.1) is 0 Å². The lowest BCUT2D eigenvalue weighted by atomic mass is 10.0. The van der Waals surface area contributed by atoms with Crippen molar-refractivity contribution in [3.05, 3.63) is 97.2 Å². The van der Waals surface area contributed by atoms with Gasteiger partial charge in [-0.25, -0.2) is 0 Å². The fraction of sp³-hybridized carbons (Fsp3) is 0.753. The summed E-state index contributed by atoms with van der Waals surface area (Å²) in [5.41, 5.74) is 0. The van der Waals surface area contributed by atoms with Crippen molar-refractivity contribution in [1.82, 2.24) is 0 Å². The minimum Gasteiger partial charge on any atom is -0.462 e. The Kier molecular flexibility index (Phi) is 67.7. The lowest BCUT2D eigenvalue weighted by Crippen LogP contribution is -2.30. The highest BCUT2D eigenvalue weighted by Crippen LogP contribution is 2.18. The van der Waals surface area contributed by atoms with Crippen LogP contribution in [0.3, 0.4) is 0 Å². The van der Waals surface area contributed by atoms with E-state index in [2.05, 4.69) is 118 Å². The number of allylic oxidation sites excluding steroid dienone is 16. The minimum atomic E-state index is -0.787. The molecule has 0 aromatic carbocycles. The van der Waals surface area contributed by atoms with Crippen LogP contribution in [0.15, 0.2) is 97.2 Å². The Labute approximate surface area is 515 Å². The van der Waals surface area contributed by atoms with Gasteiger partial charge in [0.2, 0.25) is 0 Å². The quantitative estimate of drug-likeness (QED) is 0.0261. The smallest absolute Gasteiger partial charge is 0.306 e. The maximum atomic E-state index is 13.0. The van der Waals surface area contributed by atoms with E-state index in [4.69, 9.17) is 14.2 Å². The van der Waals surface area contributed by atoms with E-state index < -0.39 is 6.10 Å². The predicted octanol–water partition coefficient (Wildman–Crippen LogP) is 24.8. The summed E-state index contributed by atoms with van der Waals surface area (Å²) in [4.78, 5) is 38.5. The average molecular weight is 1160 g/mol. The molecule has 0 aliphatic heterocycles. The molecule has 83 heavy (non-hydrogen) atoms. The molecule has 0 bridgehead atoms. The molecule has 6 heteroatoms. The van der Waals surface area contributed by atoms with Crippen LogP contribution in [0, 0.1) is 0 Å². The first-order chi connectivity index (χ1) is 41.0. The zero-order valence-corrected chi connectivity index (χ0v) is 54.9. The summed E-state index contributed by atoms with van der Waals surface area (Å²) in [5.74, 6) is -0.885. The molecule has 0 saturated heterocycles. The van der Waals surface area contributed by atoms with E-state index in [0.717, 1.165) is 122 Å². The molecule has 0 spiro atoms. The van der Waals surface area contributed by atoms with Gasteiger partial charge in [-0.05, 0) is 96.3 Å². The maximum Gasteiger partial charge on any atom is 0.306 e. The number of ether oxygens (including phenoxy) is 3. The third-order valence-corrected chi connectivity index (χ3v) is 15.6. The molecule has 0 aromatic rings. The lowest BCUT2D eigenvalue weighted by Gasteiger charge is -2.18. The fourth-order valence-corrected chi connectivity index (χ4v) is 10.3. The normalized spacial score (nSPS) is 12.7. The Morgan fingerprint density at radius 2 is 0.470 bits per heavy atom. The van der Waals surface area contributed by atoms with Crippen LogP contribution in [-0.2, 0) is 28.6 Å². The molecule has 1 atom stereocenters. The third kappa shape index (κ3) is 69.0. The van der Waals surface area contributed by atoms with Gasteiger partial charge in [0.1, 0.15) is 13.2 Å². The number of carbonyl (C=O) groups excluding carboxylic acids is 3. The molecule has 1 unspecified atom stereocenters. The second-order valence-corrected chi connectivity index (χ2v) is 23.7. The van der Waals surface area contributed by atoms with Crippen molar-refractivity contribution >= 4 is 17.9 Å². The second kappa shape index (κ2) is 70.8. The molecule has 6 nitrogen and oxygen atoms in total. The fourth-order valence-electron chi connectivity index (χ4n) is 10.3. The topological polar surface area (TPSA) is 78.9 Å². The summed E-state index contributed by atoms with van der Waals surface area (Å²) < 4.78 is 17.0. The lowest BCUT2D eigenvalue weighted by molar-refractivity contribution is -0.167. The van der Waals surface area contributed by atoms with E-state index in [1.807, 2.05) is 0 Å². The Balaban J connectivity index is 4.29. The Morgan fingerprint density at radius 1 is 0.253 bits per heavy atom. The maximum absolute atomic E-state index is 13.0. The Morgan fingerprint density at radius 3 is 0.735 bits per heavy atom. The molecule has 0 aliphatic carbocycles. The van der Waals surface area contributed by atoms with E-state index >= 15 is 0 Å². The number of unbranched alkanes of at least 4 members (excludes halogenated alkanes) is 38. The summed E-state index contributed by atoms with van der Waals surface area (Å²) in [5, 5.41) is 0. The molecule has 0 aliphatic rings. The van der Waals surface area contributed by atoms with Crippen molar-refractivity contribution in [3.8, 4) is 0 Å². The van der Waals surface area contributed by atoms with Crippen LogP contribution in [0.1, 0.15) is 355 Å². The van der Waals surface area contributed by atoms with Gasteiger partial charge < -0.3 is 14.2 Å². The highest BCUT2D eigenvalue weighted by atomic mass is 16.6. The van der Waals surface area contributed by atoms with Crippen LogP contribution in [0.5, 0.6) is 0 Å². The summed E-state index contributed by atoms with van der Waals surface area (Å²) in [7, 11) is 0. The first kappa shape index (κ1) is 79.3. The van der Waals surface area contributed by atoms with Crippen LogP contribution in [-0.4, -0.2) is 37.2 Å². The first-order valence-electron chi connectivity index (χ1n) is 35.7. The Bertz CT molecular complexity index is 1610. The number of rotatable bonds is 65. The number of carbonyl (C=O) groups is 3. The molecule has 0 heterocycles. The first-order valence-corrected chi connectivity index (χ1v) is 35.7. The van der Waals surface area contributed by atoms with Crippen LogP contribution in [0.25, 0.3) is 0 Å². The van der Waals surface area contributed by atoms with E-state index in [-0.39, 0.29) is 31.1 Å². The predicted molar refractivity (Wildman–Crippen MR) is 362 cm³/mol. The summed E-state index contributed by atoms with van der Waals surface area (Å²) >= 11 is 0. The van der Waals surface area contributed by atoms with Gasteiger partial charge in [0.15, 0.2) is 6.10 Å². The number of hydrogen-bond acceptors (Lipinski definition) is 6. The molecular formula is C77H134O6.